The standard InChI is InChI=1S/C12H13N5O/c18-12(7-17-8-13-15-16-17)14-11-6-5-9-3-1-2-4-10(9)11/h1-4,8,11H,5-7H2,(H,14,18)/t11-/m0/s1. The molecule has 1 aliphatic rings. The molecular formula is C12H13N5O. The number of tetrazole rings is 1. The molecule has 0 fully saturated rings. The summed E-state index contributed by atoms with van der Waals surface area (Å²) in [5.74, 6) is -0.0657. The minimum Gasteiger partial charge on any atom is -0.348 e. The molecule has 0 spiro atoms. The van der Waals surface area contributed by atoms with Crippen LogP contribution in [0.1, 0.15) is 23.6 Å². The summed E-state index contributed by atoms with van der Waals surface area (Å²) in [5.41, 5.74) is 2.55. The normalized spacial score (nSPS) is 17.4. The Morgan fingerprint density at radius 1 is 1.44 bits per heavy atom. The van der Waals surface area contributed by atoms with Crippen LogP contribution in [0.2, 0.25) is 0 Å². The molecule has 2 aromatic rings. The minimum absolute atomic E-state index is 0.0657. The summed E-state index contributed by atoms with van der Waals surface area (Å²) in [6.45, 7) is 0.158. The number of fused-ring (bicyclic) bond motifs is 1. The molecule has 0 saturated heterocycles. The molecular weight excluding hydrogens is 230 g/mol. The van der Waals surface area contributed by atoms with E-state index in [-0.39, 0.29) is 18.5 Å². The van der Waals surface area contributed by atoms with Crippen molar-refractivity contribution in [3.8, 4) is 0 Å². The van der Waals surface area contributed by atoms with Crippen molar-refractivity contribution in [1.29, 1.82) is 0 Å². The van der Waals surface area contributed by atoms with Crippen LogP contribution in [0.4, 0.5) is 0 Å². The monoisotopic (exact) mass is 243 g/mol. The van der Waals surface area contributed by atoms with E-state index in [9.17, 15) is 4.79 Å². The molecule has 0 saturated carbocycles. The number of hydrogen-bond donors (Lipinski definition) is 1. The second-order valence-electron chi connectivity index (χ2n) is 4.36. The van der Waals surface area contributed by atoms with Crippen molar-refractivity contribution in [3.63, 3.8) is 0 Å². The largest absolute Gasteiger partial charge is 0.348 e. The fourth-order valence-electron chi connectivity index (χ4n) is 2.35. The van der Waals surface area contributed by atoms with E-state index in [0.29, 0.717) is 0 Å². The maximum absolute atomic E-state index is 11.8. The van der Waals surface area contributed by atoms with Crippen molar-refractivity contribution >= 4 is 5.91 Å². The highest BCUT2D eigenvalue weighted by Gasteiger charge is 2.23. The van der Waals surface area contributed by atoms with Gasteiger partial charge in [-0.25, -0.2) is 4.68 Å². The Labute approximate surface area is 104 Å². The van der Waals surface area contributed by atoms with Crippen molar-refractivity contribution < 1.29 is 4.79 Å². The highest BCUT2D eigenvalue weighted by Crippen LogP contribution is 2.30. The SMILES string of the molecule is O=C(Cn1cnnn1)N[C@H]1CCc2ccccc21. The summed E-state index contributed by atoms with van der Waals surface area (Å²) in [4.78, 5) is 11.8. The molecule has 1 aromatic carbocycles. The van der Waals surface area contributed by atoms with E-state index in [4.69, 9.17) is 0 Å². The number of carbonyl (C=O) groups excluding carboxylic acids is 1. The first kappa shape index (κ1) is 10.9. The number of aromatic nitrogens is 4. The number of nitrogens with one attached hydrogen (secondary N) is 1. The highest BCUT2D eigenvalue weighted by molar-refractivity contribution is 5.76. The van der Waals surface area contributed by atoms with Gasteiger partial charge in [0.2, 0.25) is 5.91 Å². The average molecular weight is 243 g/mol. The first-order valence-electron chi connectivity index (χ1n) is 5.91. The first-order chi connectivity index (χ1) is 8.83. The lowest BCUT2D eigenvalue weighted by Crippen LogP contribution is -2.30. The van der Waals surface area contributed by atoms with Gasteiger partial charge < -0.3 is 5.32 Å². The maximum atomic E-state index is 11.8. The molecule has 92 valence electrons. The molecule has 6 nitrogen and oxygen atoms in total. The van der Waals surface area contributed by atoms with Crippen molar-refractivity contribution in [2.45, 2.75) is 25.4 Å². The molecule has 0 unspecified atom stereocenters. The Kier molecular flexibility index (Phi) is 2.76. The summed E-state index contributed by atoms with van der Waals surface area (Å²) in [7, 11) is 0. The van der Waals surface area contributed by atoms with Crippen LogP contribution in [0.5, 0.6) is 0 Å². The van der Waals surface area contributed by atoms with Crippen molar-refractivity contribution in [1.82, 2.24) is 25.5 Å². The van der Waals surface area contributed by atoms with Crippen LogP contribution in [0, 0.1) is 0 Å². The first-order valence-corrected chi connectivity index (χ1v) is 5.91. The van der Waals surface area contributed by atoms with Gasteiger partial charge in [0.05, 0.1) is 6.04 Å². The molecule has 1 atom stereocenters. The molecule has 1 aliphatic carbocycles. The van der Waals surface area contributed by atoms with Crippen LogP contribution in [0.25, 0.3) is 0 Å². The molecule has 18 heavy (non-hydrogen) atoms. The van der Waals surface area contributed by atoms with Gasteiger partial charge in [0.15, 0.2) is 0 Å². The molecule has 3 rings (SSSR count). The number of rotatable bonds is 3. The Morgan fingerprint density at radius 3 is 3.17 bits per heavy atom. The number of nitrogens with zero attached hydrogens (tertiary/aromatic N) is 4. The van der Waals surface area contributed by atoms with Gasteiger partial charge in [0.1, 0.15) is 12.9 Å². The van der Waals surface area contributed by atoms with Crippen molar-refractivity contribution in [2.24, 2.45) is 0 Å². The summed E-state index contributed by atoms with van der Waals surface area (Å²) in [6, 6.07) is 8.34. The number of aryl methyl sites for hydroxylation is 1. The van der Waals surface area contributed by atoms with Gasteiger partial charge in [0.25, 0.3) is 0 Å². The highest BCUT2D eigenvalue weighted by atomic mass is 16.2. The third-order valence-electron chi connectivity index (χ3n) is 3.17. The zero-order valence-corrected chi connectivity index (χ0v) is 9.78. The lowest BCUT2D eigenvalue weighted by molar-refractivity contribution is -0.122. The third kappa shape index (κ3) is 2.09. The molecule has 1 N–H and O–H groups in total. The van der Waals surface area contributed by atoms with E-state index in [0.717, 1.165) is 12.8 Å². The summed E-state index contributed by atoms with van der Waals surface area (Å²) < 4.78 is 1.41. The van der Waals surface area contributed by atoms with Gasteiger partial charge in [-0.1, -0.05) is 24.3 Å². The smallest absolute Gasteiger partial charge is 0.242 e. The van der Waals surface area contributed by atoms with E-state index in [2.05, 4.69) is 33.0 Å². The van der Waals surface area contributed by atoms with E-state index < -0.39 is 0 Å². The second-order valence-corrected chi connectivity index (χ2v) is 4.36. The van der Waals surface area contributed by atoms with Crippen LogP contribution in [-0.2, 0) is 17.8 Å². The van der Waals surface area contributed by atoms with Crippen LogP contribution >= 0.6 is 0 Å². The van der Waals surface area contributed by atoms with Crippen molar-refractivity contribution in [2.75, 3.05) is 0 Å². The minimum atomic E-state index is -0.0657. The lowest BCUT2D eigenvalue weighted by atomic mass is 10.1. The predicted octanol–water partition coefficient (Wildman–Crippen LogP) is 0.477. The van der Waals surface area contributed by atoms with Gasteiger partial charge >= 0.3 is 0 Å². The molecule has 0 radical (unpaired) electrons. The predicted molar refractivity (Wildman–Crippen MR) is 63.5 cm³/mol. The fourth-order valence-corrected chi connectivity index (χ4v) is 2.35. The van der Waals surface area contributed by atoms with E-state index in [1.54, 1.807) is 0 Å². The maximum Gasteiger partial charge on any atom is 0.242 e. The summed E-state index contributed by atoms with van der Waals surface area (Å²) in [6.07, 6.45) is 3.41. The quantitative estimate of drug-likeness (QED) is 0.850. The molecule has 1 heterocycles. The Hall–Kier alpha value is -2.24. The number of benzene rings is 1. The molecule has 6 heteroatoms. The lowest BCUT2D eigenvalue weighted by Gasteiger charge is -2.13. The second kappa shape index (κ2) is 4.56. The molecule has 0 bridgehead atoms. The van der Waals surface area contributed by atoms with Gasteiger partial charge in [-0.15, -0.1) is 5.10 Å². The molecule has 0 aliphatic heterocycles. The molecule has 1 aromatic heterocycles. The number of carbonyl (C=O) groups is 1. The van der Waals surface area contributed by atoms with Gasteiger partial charge in [-0.3, -0.25) is 4.79 Å². The van der Waals surface area contributed by atoms with Gasteiger partial charge in [0, 0.05) is 0 Å². The zero-order valence-electron chi connectivity index (χ0n) is 9.78. The fraction of sp³-hybridized carbons (Fsp3) is 0.333. The van der Waals surface area contributed by atoms with E-state index >= 15 is 0 Å². The van der Waals surface area contributed by atoms with Gasteiger partial charge in [-0.2, -0.15) is 0 Å². The summed E-state index contributed by atoms with van der Waals surface area (Å²) in [5, 5.41) is 13.7. The number of amides is 1. The van der Waals surface area contributed by atoms with Crippen LogP contribution < -0.4 is 5.32 Å². The average Bonchev–Trinajstić information content (AvgIpc) is 3.00. The third-order valence-corrected chi connectivity index (χ3v) is 3.17. The van der Waals surface area contributed by atoms with Crippen LogP contribution in [-0.4, -0.2) is 26.1 Å². The van der Waals surface area contributed by atoms with E-state index in [1.807, 2.05) is 12.1 Å². The number of hydrogen-bond acceptors (Lipinski definition) is 4. The van der Waals surface area contributed by atoms with Crippen molar-refractivity contribution in [3.05, 3.63) is 41.7 Å². The zero-order chi connectivity index (χ0) is 12.4. The van der Waals surface area contributed by atoms with Crippen LogP contribution in [0.3, 0.4) is 0 Å². The van der Waals surface area contributed by atoms with E-state index in [1.165, 1.54) is 22.1 Å². The molecule has 1 amide bonds. The summed E-state index contributed by atoms with van der Waals surface area (Å²) >= 11 is 0. The Bertz CT molecular complexity index is 551. The van der Waals surface area contributed by atoms with Crippen LogP contribution in [0.15, 0.2) is 30.6 Å². The Morgan fingerprint density at radius 2 is 2.33 bits per heavy atom. The topological polar surface area (TPSA) is 72.7 Å². The Balaban J connectivity index is 1.66. The van der Waals surface area contributed by atoms with Gasteiger partial charge in [-0.05, 0) is 34.4 Å².